The summed E-state index contributed by atoms with van der Waals surface area (Å²) in [5.41, 5.74) is 2.66. The van der Waals surface area contributed by atoms with E-state index in [4.69, 9.17) is 9.47 Å². The fourth-order valence-corrected chi connectivity index (χ4v) is 2.72. The number of hydrogen-bond donors (Lipinski definition) is 1. The molecule has 0 radical (unpaired) electrons. The van der Waals surface area contributed by atoms with E-state index in [9.17, 15) is 0 Å². The number of ether oxygens (including phenoxy) is 2. The molecular weight excluding hydrogens is 262 g/mol. The number of methoxy groups -OCH3 is 1. The third-order valence-corrected chi connectivity index (χ3v) is 4.34. The molecule has 118 valence electrons. The first kappa shape index (κ1) is 16.3. The van der Waals surface area contributed by atoms with Gasteiger partial charge in [-0.25, -0.2) is 0 Å². The topological polar surface area (TPSA) is 30.5 Å². The highest BCUT2D eigenvalue weighted by molar-refractivity contribution is 5.40. The predicted molar refractivity (Wildman–Crippen MR) is 87.0 cm³/mol. The lowest BCUT2D eigenvalue weighted by molar-refractivity contribution is 0.0117. The van der Waals surface area contributed by atoms with E-state index in [-0.39, 0.29) is 5.60 Å². The summed E-state index contributed by atoms with van der Waals surface area (Å²) in [6, 6.07) is 7.04. The van der Waals surface area contributed by atoms with Crippen LogP contribution in [0.1, 0.15) is 57.2 Å². The Morgan fingerprint density at radius 2 is 2.19 bits per heavy atom. The first-order valence-electron chi connectivity index (χ1n) is 8.10. The number of fused-ring (bicyclic) bond motifs is 1. The van der Waals surface area contributed by atoms with Crippen molar-refractivity contribution < 1.29 is 9.47 Å². The Morgan fingerprint density at radius 3 is 2.90 bits per heavy atom. The SMILES string of the molecule is CCCNC(CCC(C)(C)OC)c1ccc2c(c1)CCO2. The average Bonchev–Trinajstić information content (AvgIpc) is 2.94. The molecule has 1 aromatic rings. The van der Waals surface area contributed by atoms with Crippen LogP contribution in [-0.4, -0.2) is 25.9 Å². The van der Waals surface area contributed by atoms with Crippen LogP contribution in [0, 0.1) is 0 Å². The Labute approximate surface area is 129 Å². The zero-order valence-electron chi connectivity index (χ0n) is 13.9. The van der Waals surface area contributed by atoms with Gasteiger partial charge in [-0.15, -0.1) is 0 Å². The number of hydrogen-bond acceptors (Lipinski definition) is 3. The summed E-state index contributed by atoms with van der Waals surface area (Å²) in [7, 11) is 1.79. The zero-order chi connectivity index (χ0) is 15.3. The van der Waals surface area contributed by atoms with Gasteiger partial charge in [0.25, 0.3) is 0 Å². The van der Waals surface area contributed by atoms with E-state index in [1.54, 1.807) is 7.11 Å². The molecule has 0 bridgehead atoms. The number of rotatable bonds is 8. The summed E-state index contributed by atoms with van der Waals surface area (Å²) in [6.07, 6.45) is 4.31. The minimum atomic E-state index is -0.0635. The maximum absolute atomic E-state index is 5.61. The van der Waals surface area contributed by atoms with Crippen LogP contribution in [0.5, 0.6) is 5.75 Å². The monoisotopic (exact) mass is 291 g/mol. The van der Waals surface area contributed by atoms with Gasteiger partial charge in [-0.2, -0.15) is 0 Å². The average molecular weight is 291 g/mol. The summed E-state index contributed by atoms with van der Waals surface area (Å²) >= 11 is 0. The fourth-order valence-electron chi connectivity index (χ4n) is 2.72. The molecule has 1 aliphatic heterocycles. The first-order chi connectivity index (χ1) is 10.1. The van der Waals surface area contributed by atoms with E-state index < -0.39 is 0 Å². The summed E-state index contributed by atoms with van der Waals surface area (Å²) in [6.45, 7) is 8.38. The van der Waals surface area contributed by atoms with Crippen LogP contribution < -0.4 is 10.1 Å². The lowest BCUT2D eigenvalue weighted by atomic mass is 9.93. The quantitative estimate of drug-likeness (QED) is 0.788. The van der Waals surface area contributed by atoms with Gasteiger partial charge in [0.15, 0.2) is 0 Å². The standard InChI is InChI=1S/C18H29NO2/c1-5-11-19-16(8-10-18(2,3)20-4)14-6-7-17-15(13-14)9-12-21-17/h6-7,13,16,19H,5,8-12H2,1-4H3. The van der Waals surface area contributed by atoms with Gasteiger partial charge in [0.1, 0.15) is 5.75 Å². The molecule has 1 heterocycles. The maximum Gasteiger partial charge on any atom is 0.122 e. The molecule has 1 unspecified atom stereocenters. The van der Waals surface area contributed by atoms with Gasteiger partial charge in [-0.05, 0) is 56.8 Å². The molecule has 2 rings (SSSR count). The highest BCUT2D eigenvalue weighted by Crippen LogP contribution is 2.31. The summed E-state index contributed by atoms with van der Waals surface area (Å²) < 4.78 is 11.2. The van der Waals surface area contributed by atoms with E-state index in [1.807, 2.05) is 0 Å². The molecule has 1 atom stereocenters. The zero-order valence-corrected chi connectivity index (χ0v) is 13.9. The van der Waals surface area contributed by atoms with Crippen LogP contribution >= 0.6 is 0 Å². The predicted octanol–water partition coefficient (Wildman–Crippen LogP) is 3.87. The molecule has 1 N–H and O–H groups in total. The molecule has 3 nitrogen and oxygen atoms in total. The molecular formula is C18H29NO2. The number of nitrogens with one attached hydrogen (secondary N) is 1. The van der Waals surface area contributed by atoms with Crippen LogP contribution in [0.15, 0.2) is 18.2 Å². The maximum atomic E-state index is 5.61. The Balaban J connectivity index is 2.08. The van der Waals surface area contributed by atoms with E-state index >= 15 is 0 Å². The first-order valence-corrected chi connectivity index (χ1v) is 8.10. The number of benzene rings is 1. The largest absolute Gasteiger partial charge is 0.493 e. The molecule has 0 fully saturated rings. The van der Waals surface area contributed by atoms with Crippen LogP contribution in [0.4, 0.5) is 0 Å². The van der Waals surface area contributed by atoms with Crippen molar-refractivity contribution in [2.45, 2.75) is 58.1 Å². The fraction of sp³-hybridized carbons (Fsp3) is 0.667. The van der Waals surface area contributed by atoms with E-state index in [0.717, 1.165) is 44.6 Å². The molecule has 1 aromatic carbocycles. The molecule has 3 heteroatoms. The highest BCUT2D eigenvalue weighted by atomic mass is 16.5. The van der Waals surface area contributed by atoms with Crippen molar-refractivity contribution in [2.24, 2.45) is 0 Å². The molecule has 0 spiro atoms. The van der Waals surface area contributed by atoms with Crippen LogP contribution in [0.3, 0.4) is 0 Å². The highest BCUT2D eigenvalue weighted by Gasteiger charge is 2.21. The van der Waals surface area contributed by atoms with Crippen LogP contribution in [0.2, 0.25) is 0 Å². The van der Waals surface area contributed by atoms with E-state index in [0.29, 0.717) is 6.04 Å². The second kappa shape index (κ2) is 7.28. The smallest absolute Gasteiger partial charge is 0.122 e. The van der Waals surface area contributed by atoms with Crippen LogP contribution in [0.25, 0.3) is 0 Å². The second-order valence-electron chi connectivity index (χ2n) is 6.47. The minimum Gasteiger partial charge on any atom is -0.493 e. The molecule has 0 saturated heterocycles. The van der Waals surface area contributed by atoms with Crippen molar-refractivity contribution in [3.05, 3.63) is 29.3 Å². The third kappa shape index (κ3) is 4.45. The van der Waals surface area contributed by atoms with Crippen molar-refractivity contribution in [2.75, 3.05) is 20.3 Å². The molecule has 0 aromatic heterocycles. The van der Waals surface area contributed by atoms with Crippen LogP contribution in [-0.2, 0) is 11.2 Å². The lowest BCUT2D eigenvalue weighted by Crippen LogP contribution is -2.28. The van der Waals surface area contributed by atoms with Gasteiger partial charge >= 0.3 is 0 Å². The van der Waals surface area contributed by atoms with Gasteiger partial charge in [0.2, 0.25) is 0 Å². The Kier molecular flexibility index (Phi) is 5.65. The minimum absolute atomic E-state index is 0.0635. The van der Waals surface area contributed by atoms with Gasteiger partial charge in [0, 0.05) is 19.6 Å². The summed E-state index contributed by atoms with van der Waals surface area (Å²) in [4.78, 5) is 0. The van der Waals surface area contributed by atoms with Gasteiger partial charge in [-0.1, -0.05) is 19.1 Å². The Bertz CT molecular complexity index is 457. The lowest BCUT2D eigenvalue weighted by Gasteiger charge is -2.27. The third-order valence-electron chi connectivity index (χ3n) is 4.34. The second-order valence-corrected chi connectivity index (χ2v) is 6.47. The van der Waals surface area contributed by atoms with E-state index in [2.05, 4.69) is 44.3 Å². The Morgan fingerprint density at radius 1 is 1.38 bits per heavy atom. The summed E-state index contributed by atoms with van der Waals surface area (Å²) in [5, 5.41) is 3.68. The molecule has 0 aliphatic carbocycles. The van der Waals surface area contributed by atoms with Crippen molar-refractivity contribution in [1.82, 2.24) is 5.32 Å². The molecule has 1 aliphatic rings. The van der Waals surface area contributed by atoms with Crippen molar-refractivity contribution in [3.8, 4) is 5.75 Å². The van der Waals surface area contributed by atoms with Gasteiger partial charge in [0.05, 0.1) is 12.2 Å². The molecule has 0 amide bonds. The van der Waals surface area contributed by atoms with Crippen molar-refractivity contribution >= 4 is 0 Å². The molecule has 21 heavy (non-hydrogen) atoms. The van der Waals surface area contributed by atoms with Crippen molar-refractivity contribution in [3.63, 3.8) is 0 Å². The van der Waals surface area contributed by atoms with E-state index in [1.165, 1.54) is 11.1 Å². The van der Waals surface area contributed by atoms with Crippen molar-refractivity contribution in [1.29, 1.82) is 0 Å². The summed E-state index contributed by atoms with van der Waals surface area (Å²) in [5.74, 6) is 1.06. The molecule has 0 saturated carbocycles. The van der Waals surface area contributed by atoms with Gasteiger partial charge in [-0.3, -0.25) is 0 Å². The van der Waals surface area contributed by atoms with Gasteiger partial charge < -0.3 is 14.8 Å². The normalized spacial score (nSPS) is 15.6. The Hall–Kier alpha value is -1.06.